The molecule has 32 heavy (non-hydrogen) atoms. The van der Waals surface area contributed by atoms with E-state index in [9.17, 15) is 4.79 Å². The van der Waals surface area contributed by atoms with Crippen molar-refractivity contribution in [3.63, 3.8) is 0 Å². The van der Waals surface area contributed by atoms with Crippen LogP contribution in [0.2, 0.25) is 0 Å². The first-order chi connectivity index (χ1) is 15.4. The highest BCUT2D eigenvalue weighted by atomic mass is 16.6. The van der Waals surface area contributed by atoms with Gasteiger partial charge < -0.3 is 29.0 Å². The number of alkyl carbamates (subject to hydrolysis) is 1. The normalized spacial score (nSPS) is 35.4. The van der Waals surface area contributed by atoms with Crippen molar-refractivity contribution in [1.29, 1.82) is 0 Å². The van der Waals surface area contributed by atoms with E-state index in [0.717, 1.165) is 64.8 Å². The Labute approximate surface area is 193 Å². The molecule has 1 amide bonds. The molecule has 1 N–H and O–H groups in total. The number of ether oxygens (including phenoxy) is 5. The summed E-state index contributed by atoms with van der Waals surface area (Å²) in [6, 6.07) is 0. The highest BCUT2D eigenvalue weighted by Crippen LogP contribution is 2.59. The van der Waals surface area contributed by atoms with Gasteiger partial charge in [-0.1, -0.05) is 24.5 Å². The van der Waals surface area contributed by atoms with Crippen molar-refractivity contribution in [2.75, 3.05) is 33.5 Å². The summed E-state index contributed by atoms with van der Waals surface area (Å²) in [5, 5.41) is 2.91. The maximum absolute atomic E-state index is 12.5. The van der Waals surface area contributed by atoms with Crippen LogP contribution in [0.15, 0.2) is 11.6 Å². The number of hydrogen-bond donors (Lipinski definition) is 1. The van der Waals surface area contributed by atoms with E-state index in [1.54, 1.807) is 7.11 Å². The van der Waals surface area contributed by atoms with E-state index in [0.29, 0.717) is 6.54 Å². The Morgan fingerprint density at radius 3 is 2.62 bits per heavy atom. The van der Waals surface area contributed by atoms with Gasteiger partial charge >= 0.3 is 6.09 Å². The zero-order chi connectivity index (χ0) is 23.2. The molecule has 2 aliphatic heterocycles. The Balaban J connectivity index is 1.48. The summed E-state index contributed by atoms with van der Waals surface area (Å²) in [6.07, 6.45) is 8.16. The second kappa shape index (κ2) is 11.3. The van der Waals surface area contributed by atoms with Crippen LogP contribution in [0.4, 0.5) is 4.79 Å². The highest BCUT2D eigenvalue weighted by Gasteiger charge is 2.72. The van der Waals surface area contributed by atoms with Crippen molar-refractivity contribution < 1.29 is 28.5 Å². The van der Waals surface area contributed by atoms with Gasteiger partial charge in [0.25, 0.3) is 0 Å². The number of amides is 1. The number of hydrogen-bond acceptors (Lipinski definition) is 6. The SMILES string of the molecule is CCOCCCCCCNC(=O)OC1CC[C@]2(CO2)C(C2(C)O[C@@H]2CC=C(C)C)C1OC. The summed E-state index contributed by atoms with van der Waals surface area (Å²) in [4.78, 5) is 12.5. The zero-order valence-corrected chi connectivity index (χ0v) is 20.6. The van der Waals surface area contributed by atoms with Gasteiger partial charge in [0.2, 0.25) is 0 Å². The van der Waals surface area contributed by atoms with Crippen LogP contribution in [0.5, 0.6) is 0 Å². The molecule has 4 unspecified atom stereocenters. The summed E-state index contributed by atoms with van der Waals surface area (Å²) in [7, 11) is 1.70. The fourth-order valence-electron chi connectivity index (χ4n) is 5.27. The number of unbranched alkanes of at least 4 members (excludes halogenated alkanes) is 3. The molecule has 0 bridgehead atoms. The lowest BCUT2D eigenvalue weighted by Crippen LogP contribution is -2.56. The molecule has 0 aromatic rings. The van der Waals surface area contributed by atoms with Gasteiger partial charge in [0, 0.05) is 26.9 Å². The molecule has 0 aromatic carbocycles. The minimum Gasteiger partial charge on any atom is -0.443 e. The third-order valence-electron chi connectivity index (χ3n) is 7.18. The molecule has 7 heteroatoms. The Morgan fingerprint density at radius 1 is 1.22 bits per heavy atom. The molecule has 1 aliphatic carbocycles. The predicted octanol–water partition coefficient (Wildman–Crippen LogP) is 4.39. The van der Waals surface area contributed by atoms with E-state index >= 15 is 0 Å². The molecule has 0 radical (unpaired) electrons. The van der Waals surface area contributed by atoms with Crippen molar-refractivity contribution in [3.05, 3.63) is 11.6 Å². The molecule has 1 spiro atoms. The quantitative estimate of drug-likeness (QED) is 0.253. The van der Waals surface area contributed by atoms with E-state index in [1.807, 2.05) is 6.92 Å². The number of nitrogens with one attached hydrogen (secondary N) is 1. The van der Waals surface area contributed by atoms with Crippen molar-refractivity contribution in [2.24, 2.45) is 5.92 Å². The molecule has 3 aliphatic rings. The monoisotopic (exact) mass is 453 g/mol. The van der Waals surface area contributed by atoms with Gasteiger partial charge in [0.15, 0.2) is 0 Å². The minimum absolute atomic E-state index is 0.0486. The van der Waals surface area contributed by atoms with Gasteiger partial charge in [-0.2, -0.15) is 0 Å². The van der Waals surface area contributed by atoms with Crippen LogP contribution in [0.1, 0.15) is 72.6 Å². The molecule has 3 fully saturated rings. The van der Waals surface area contributed by atoms with E-state index in [4.69, 9.17) is 23.7 Å². The lowest BCUT2D eigenvalue weighted by molar-refractivity contribution is -0.118. The van der Waals surface area contributed by atoms with Crippen LogP contribution in [0.3, 0.4) is 0 Å². The molecule has 0 aromatic heterocycles. The molecular weight excluding hydrogens is 410 g/mol. The second-order valence-electron chi connectivity index (χ2n) is 9.86. The van der Waals surface area contributed by atoms with Gasteiger partial charge in [0.1, 0.15) is 23.4 Å². The van der Waals surface area contributed by atoms with Crippen molar-refractivity contribution >= 4 is 6.09 Å². The Morgan fingerprint density at radius 2 is 1.97 bits per heavy atom. The number of epoxide rings is 2. The van der Waals surface area contributed by atoms with Crippen LogP contribution >= 0.6 is 0 Å². The maximum Gasteiger partial charge on any atom is 0.407 e. The smallest absolute Gasteiger partial charge is 0.407 e. The second-order valence-corrected chi connectivity index (χ2v) is 9.86. The number of allylic oxidation sites excluding steroid dienone is 1. The van der Waals surface area contributed by atoms with Crippen molar-refractivity contribution in [1.82, 2.24) is 5.32 Å². The number of methoxy groups -OCH3 is 1. The van der Waals surface area contributed by atoms with Crippen LogP contribution in [0.25, 0.3) is 0 Å². The molecular formula is C25H43NO6. The number of carbonyl (C=O) groups is 1. The molecule has 2 saturated heterocycles. The van der Waals surface area contributed by atoms with Gasteiger partial charge in [0.05, 0.1) is 18.6 Å². The average Bonchev–Trinajstić information content (AvgIpc) is 3.67. The molecule has 3 rings (SSSR count). The van der Waals surface area contributed by atoms with Gasteiger partial charge in [-0.05, 0) is 59.8 Å². The summed E-state index contributed by atoms with van der Waals surface area (Å²) in [5.41, 5.74) is 0.773. The topological polar surface area (TPSA) is 81.9 Å². The maximum atomic E-state index is 12.5. The zero-order valence-electron chi connectivity index (χ0n) is 20.6. The van der Waals surface area contributed by atoms with E-state index in [1.165, 1.54) is 5.57 Å². The third-order valence-corrected chi connectivity index (χ3v) is 7.18. The van der Waals surface area contributed by atoms with Crippen LogP contribution in [-0.2, 0) is 23.7 Å². The summed E-state index contributed by atoms with van der Waals surface area (Å²) in [6.45, 7) is 11.3. The molecule has 6 atom stereocenters. The lowest BCUT2D eigenvalue weighted by atomic mass is 9.68. The van der Waals surface area contributed by atoms with E-state index in [-0.39, 0.29) is 41.5 Å². The first-order valence-electron chi connectivity index (χ1n) is 12.4. The molecule has 1 saturated carbocycles. The molecule has 2 heterocycles. The first kappa shape index (κ1) is 25.5. The minimum atomic E-state index is -0.360. The summed E-state index contributed by atoms with van der Waals surface area (Å²) < 4.78 is 29.3. The highest BCUT2D eigenvalue weighted by molar-refractivity contribution is 5.67. The number of carbonyl (C=O) groups excluding carboxylic acids is 1. The van der Waals surface area contributed by atoms with Gasteiger partial charge in [-0.3, -0.25) is 0 Å². The molecule has 184 valence electrons. The number of rotatable bonds is 13. The summed E-state index contributed by atoms with van der Waals surface area (Å²) >= 11 is 0. The Bertz CT molecular complexity index is 644. The predicted molar refractivity (Wildman–Crippen MR) is 123 cm³/mol. The van der Waals surface area contributed by atoms with E-state index in [2.05, 4.69) is 32.2 Å². The van der Waals surface area contributed by atoms with Crippen LogP contribution in [0, 0.1) is 5.92 Å². The fraction of sp³-hybridized carbons (Fsp3) is 0.880. The van der Waals surface area contributed by atoms with Gasteiger partial charge in [-0.25, -0.2) is 4.79 Å². The van der Waals surface area contributed by atoms with Crippen molar-refractivity contribution in [3.8, 4) is 0 Å². The summed E-state index contributed by atoms with van der Waals surface area (Å²) in [5.74, 6) is 0.0486. The van der Waals surface area contributed by atoms with Gasteiger partial charge in [-0.15, -0.1) is 0 Å². The van der Waals surface area contributed by atoms with Crippen LogP contribution < -0.4 is 5.32 Å². The lowest BCUT2D eigenvalue weighted by Gasteiger charge is -2.42. The first-order valence-corrected chi connectivity index (χ1v) is 12.4. The van der Waals surface area contributed by atoms with E-state index < -0.39 is 0 Å². The van der Waals surface area contributed by atoms with Crippen LogP contribution in [-0.4, -0.2) is 69.1 Å². The average molecular weight is 454 g/mol. The fourth-order valence-corrected chi connectivity index (χ4v) is 5.27. The third kappa shape index (κ3) is 6.25. The largest absolute Gasteiger partial charge is 0.443 e. The molecule has 7 nitrogen and oxygen atoms in total. The Hall–Kier alpha value is -1.15. The Kier molecular flexibility index (Phi) is 9.01. The van der Waals surface area contributed by atoms with Crippen molar-refractivity contribution in [2.45, 2.75) is 102 Å². The standard InChI is InChI=1S/C25H43NO6/c1-6-29-16-10-8-7-9-15-26-23(27)31-19-13-14-25(17-30-25)22(21(19)28-5)24(4)20(32-24)12-11-18(2)3/h11,19-22H,6-10,12-17H2,1-5H3,(H,26,27)/t19?,20-,21?,22?,24?,25+/m1/s1.